The van der Waals surface area contributed by atoms with Gasteiger partial charge in [-0.2, -0.15) is 0 Å². The second kappa shape index (κ2) is 6.28. The quantitative estimate of drug-likeness (QED) is 0.854. The zero-order valence-electron chi connectivity index (χ0n) is 9.74. The van der Waals surface area contributed by atoms with E-state index in [4.69, 9.17) is 0 Å². The van der Waals surface area contributed by atoms with Crippen molar-refractivity contribution in [2.24, 2.45) is 0 Å². The first kappa shape index (κ1) is 12.7. The number of aryl methyl sites for hydroxylation is 1. The molecule has 0 fully saturated rings. The Bertz CT molecular complexity index is 448. The molecular weight excluding hydrogens is 296 g/mol. The molecule has 2 aromatic heterocycles. The molecule has 0 radical (unpaired) electrons. The Balaban J connectivity index is 1.73. The number of nitrogens with zero attached hydrogens (tertiary/aromatic N) is 1. The van der Waals surface area contributed by atoms with E-state index in [1.54, 1.807) is 0 Å². The molecule has 0 unspecified atom stereocenters. The van der Waals surface area contributed by atoms with Crippen LogP contribution in [0.15, 0.2) is 34.9 Å². The average molecular weight is 311 g/mol. The van der Waals surface area contributed by atoms with E-state index in [1.807, 2.05) is 29.7 Å². The molecule has 2 nitrogen and oxygen atoms in total. The highest BCUT2D eigenvalue weighted by molar-refractivity contribution is 9.10. The monoisotopic (exact) mass is 310 g/mol. The summed E-state index contributed by atoms with van der Waals surface area (Å²) in [5.74, 6) is 0. The first-order valence-electron chi connectivity index (χ1n) is 5.61. The zero-order chi connectivity index (χ0) is 12.1. The van der Waals surface area contributed by atoms with Crippen LogP contribution >= 0.6 is 27.3 Å². The second-order valence-corrected chi connectivity index (χ2v) is 6.06. The minimum absolute atomic E-state index is 0.934. The van der Waals surface area contributed by atoms with Crippen LogP contribution in [0.2, 0.25) is 0 Å². The largest absolute Gasteiger partial charge is 0.311 e. The van der Waals surface area contributed by atoms with Gasteiger partial charge in [-0.25, -0.2) is 0 Å². The first-order chi connectivity index (χ1) is 8.25. The number of rotatable bonds is 5. The molecule has 0 amide bonds. The molecule has 0 aliphatic rings. The number of hydrogen-bond donors (Lipinski definition) is 1. The summed E-state index contributed by atoms with van der Waals surface area (Å²) in [4.78, 5) is 7.01. The van der Waals surface area contributed by atoms with E-state index in [0.717, 1.165) is 25.2 Å². The topological polar surface area (TPSA) is 24.9 Å². The molecule has 2 heterocycles. The number of thiophene rings is 1. The van der Waals surface area contributed by atoms with Crippen LogP contribution in [0.1, 0.15) is 15.4 Å². The predicted octanol–water partition coefficient (Wildman–Crippen LogP) is 3.55. The van der Waals surface area contributed by atoms with Crippen molar-refractivity contribution in [2.75, 3.05) is 6.54 Å². The fourth-order valence-electron chi connectivity index (χ4n) is 1.58. The van der Waals surface area contributed by atoms with Gasteiger partial charge in [0.2, 0.25) is 0 Å². The van der Waals surface area contributed by atoms with Crippen LogP contribution in [-0.4, -0.2) is 11.5 Å². The standard InChI is InChI=1S/C13H15BrN2S/c1-10-13(14)8-12(17-10)9-15-7-5-11-4-2-3-6-16-11/h2-4,6,8,15H,5,7,9H2,1H3. The highest BCUT2D eigenvalue weighted by Gasteiger charge is 2.02. The Labute approximate surface area is 114 Å². The molecule has 4 heteroatoms. The molecule has 0 aromatic carbocycles. The van der Waals surface area contributed by atoms with Crippen LogP contribution < -0.4 is 5.32 Å². The second-order valence-electron chi connectivity index (χ2n) is 3.86. The minimum Gasteiger partial charge on any atom is -0.311 e. The van der Waals surface area contributed by atoms with E-state index in [-0.39, 0.29) is 0 Å². The summed E-state index contributed by atoms with van der Waals surface area (Å²) in [5, 5.41) is 3.44. The van der Waals surface area contributed by atoms with Crippen molar-refractivity contribution in [2.45, 2.75) is 19.9 Å². The van der Waals surface area contributed by atoms with Crippen molar-refractivity contribution in [3.05, 3.63) is 50.4 Å². The molecule has 0 atom stereocenters. The zero-order valence-corrected chi connectivity index (χ0v) is 12.1. The van der Waals surface area contributed by atoms with Crippen molar-refractivity contribution < 1.29 is 0 Å². The minimum atomic E-state index is 0.934. The van der Waals surface area contributed by atoms with E-state index in [0.29, 0.717) is 0 Å². The molecule has 0 bridgehead atoms. The van der Waals surface area contributed by atoms with Gasteiger partial charge < -0.3 is 5.32 Å². The predicted molar refractivity (Wildman–Crippen MR) is 76.4 cm³/mol. The lowest BCUT2D eigenvalue weighted by Crippen LogP contribution is -2.16. The van der Waals surface area contributed by atoms with E-state index in [2.05, 4.69) is 45.3 Å². The summed E-state index contributed by atoms with van der Waals surface area (Å²) < 4.78 is 1.21. The normalized spacial score (nSPS) is 10.7. The number of halogens is 1. The van der Waals surface area contributed by atoms with Gasteiger partial charge in [0.15, 0.2) is 0 Å². The van der Waals surface area contributed by atoms with Crippen molar-refractivity contribution in [1.82, 2.24) is 10.3 Å². The first-order valence-corrected chi connectivity index (χ1v) is 7.22. The lowest BCUT2D eigenvalue weighted by molar-refractivity contribution is 0.686. The Kier molecular flexibility index (Phi) is 4.71. The maximum Gasteiger partial charge on any atom is 0.0416 e. The van der Waals surface area contributed by atoms with Crippen LogP contribution in [0.3, 0.4) is 0 Å². The van der Waals surface area contributed by atoms with Crippen molar-refractivity contribution in [3.8, 4) is 0 Å². The number of aromatic nitrogens is 1. The summed E-state index contributed by atoms with van der Waals surface area (Å²) >= 11 is 5.37. The fraction of sp³-hybridized carbons (Fsp3) is 0.308. The molecule has 0 saturated carbocycles. The average Bonchev–Trinajstić information content (AvgIpc) is 2.66. The van der Waals surface area contributed by atoms with Crippen LogP contribution in [0, 0.1) is 6.92 Å². The highest BCUT2D eigenvalue weighted by Crippen LogP contribution is 2.25. The molecule has 0 aliphatic heterocycles. The summed E-state index contributed by atoms with van der Waals surface area (Å²) in [6.07, 6.45) is 2.82. The maximum absolute atomic E-state index is 4.30. The van der Waals surface area contributed by atoms with E-state index >= 15 is 0 Å². The van der Waals surface area contributed by atoms with Crippen molar-refractivity contribution in [1.29, 1.82) is 0 Å². The lowest BCUT2D eigenvalue weighted by Gasteiger charge is -2.02. The molecular formula is C13H15BrN2S. The van der Waals surface area contributed by atoms with E-state index in [1.165, 1.54) is 14.2 Å². The lowest BCUT2D eigenvalue weighted by atomic mass is 10.3. The summed E-state index contributed by atoms with van der Waals surface area (Å²) in [7, 11) is 0. The molecule has 2 aromatic rings. The van der Waals surface area contributed by atoms with Crippen LogP contribution in [0.25, 0.3) is 0 Å². The molecule has 0 saturated heterocycles. The Hall–Kier alpha value is -0.710. The molecule has 17 heavy (non-hydrogen) atoms. The van der Waals surface area contributed by atoms with Gasteiger partial charge in [-0.3, -0.25) is 4.98 Å². The molecule has 0 spiro atoms. The molecule has 0 aliphatic carbocycles. The van der Waals surface area contributed by atoms with Crippen LogP contribution in [0.4, 0.5) is 0 Å². The summed E-state index contributed by atoms with van der Waals surface area (Å²) in [6, 6.07) is 8.23. The summed E-state index contributed by atoms with van der Waals surface area (Å²) in [6.45, 7) is 4.03. The molecule has 2 rings (SSSR count). The van der Waals surface area contributed by atoms with Gasteiger partial charge in [0, 0.05) is 45.6 Å². The van der Waals surface area contributed by atoms with Gasteiger partial charge >= 0.3 is 0 Å². The third kappa shape index (κ3) is 3.91. The van der Waals surface area contributed by atoms with Crippen LogP contribution in [-0.2, 0) is 13.0 Å². The van der Waals surface area contributed by atoms with Gasteiger partial charge in [-0.1, -0.05) is 6.07 Å². The Morgan fingerprint density at radius 1 is 1.41 bits per heavy atom. The van der Waals surface area contributed by atoms with Gasteiger partial charge in [-0.05, 0) is 41.1 Å². The van der Waals surface area contributed by atoms with Crippen molar-refractivity contribution in [3.63, 3.8) is 0 Å². The fourth-order valence-corrected chi connectivity index (χ4v) is 3.15. The van der Waals surface area contributed by atoms with Crippen LogP contribution in [0.5, 0.6) is 0 Å². The van der Waals surface area contributed by atoms with E-state index < -0.39 is 0 Å². The van der Waals surface area contributed by atoms with Gasteiger partial charge in [0.05, 0.1) is 0 Å². The highest BCUT2D eigenvalue weighted by atomic mass is 79.9. The number of hydrogen-bond acceptors (Lipinski definition) is 3. The number of nitrogens with one attached hydrogen (secondary N) is 1. The van der Waals surface area contributed by atoms with Gasteiger partial charge in [0.25, 0.3) is 0 Å². The van der Waals surface area contributed by atoms with Gasteiger partial charge in [0.1, 0.15) is 0 Å². The third-order valence-corrected chi connectivity index (χ3v) is 4.63. The Morgan fingerprint density at radius 2 is 2.29 bits per heavy atom. The molecule has 90 valence electrons. The van der Waals surface area contributed by atoms with E-state index in [9.17, 15) is 0 Å². The van der Waals surface area contributed by atoms with Gasteiger partial charge in [-0.15, -0.1) is 11.3 Å². The summed E-state index contributed by atoms with van der Waals surface area (Å²) in [5.41, 5.74) is 1.14. The molecule has 1 N–H and O–H groups in total. The van der Waals surface area contributed by atoms with Crippen molar-refractivity contribution >= 4 is 27.3 Å². The maximum atomic E-state index is 4.30. The third-order valence-electron chi connectivity index (χ3n) is 2.49. The Morgan fingerprint density at radius 3 is 2.94 bits per heavy atom. The number of pyridine rings is 1. The smallest absolute Gasteiger partial charge is 0.0416 e. The SMILES string of the molecule is Cc1sc(CNCCc2ccccn2)cc1Br.